The van der Waals surface area contributed by atoms with E-state index in [0.29, 0.717) is 11.4 Å². The van der Waals surface area contributed by atoms with Gasteiger partial charge in [-0.2, -0.15) is 0 Å². The fourth-order valence-corrected chi connectivity index (χ4v) is 5.74. The molecule has 13 heteroatoms. The molecular weight excluding hydrogens is 476 g/mol. The summed E-state index contributed by atoms with van der Waals surface area (Å²) in [5.41, 5.74) is 0.693. The number of fused-ring (bicyclic) bond motifs is 1. The van der Waals surface area contributed by atoms with Gasteiger partial charge in [-0.05, 0) is 36.4 Å². The van der Waals surface area contributed by atoms with Crippen LogP contribution in [0.1, 0.15) is 0 Å². The van der Waals surface area contributed by atoms with Crippen LogP contribution in [0.5, 0.6) is 5.75 Å². The monoisotopic (exact) mass is 494 g/mol. The van der Waals surface area contributed by atoms with Gasteiger partial charge < -0.3 is 10.1 Å². The second-order valence-corrected chi connectivity index (χ2v) is 11.3. The van der Waals surface area contributed by atoms with E-state index in [9.17, 15) is 21.6 Å². The Morgan fingerprint density at radius 3 is 2.50 bits per heavy atom. The summed E-state index contributed by atoms with van der Waals surface area (Å²) in [5.74, 6) is -0.288. The highest BCUT2D eigenvalue weighted by Gasteiger charge is 2.34. The van der Waals surface area contributed by atoms with Gasteiger partial charge in [-0.15, -0.1) is 11.3 Å². The van der Waals surface area contributed by atoms with E-state index < -0.39 is 32.1 Å². The molecule has 0 unspecified atom stereocenters. The summed E-state index contributed by atoms with van der Waals surface area (Å²) >= 11 is 1.15. The predicted octanol–water partition coefficient (Wildman–Crippen LogP) is 2.11. The average Bonchev–Trinajstić information content (AvgIpc) is 3.25. The Balaban J connectivity index is 1.48. The molecule has 1 aliphatic rings. The minimum absolute atomic E-state index is 0.00297. The molecule has 3 aromatic rings. The molecule has 0 saturated heterocycles. The summed E-state index contributed by atoms with van der Waals surface area (Å²) in [7, 11) is -7.45. The first-order valence-corrected chi connectivity index (χ1v) is 13.4. The Hall–Kier alpha value is -3.16. The van der Waals surface area contributed by atoms with E-state index in [1.807, 2.05) is 0 Å². The lowest BCUT2D eigenvalue weighted by Crippen LogP contribution is -2.48. The number of aromatic nitrogens is 1. The third kappa shape index (κ3) is 4.69. The molecule has 1 amide bonds. The molecule has 0 spiro atoms. The average molecular weight is 495 g/mol. The van der Waals surface area contributed by atoms with Gasteiger partial charge in [-0.3, -0.25) is 13.8 Å². The van der Waals surface area contributed by atoms with Gasteiger partial charge in [-0.1, -0.05) is 12.1 Å². The summed E-state index contributed by atoms with van der Waals surface area (Å²) in [6.45, 7) is -0.189. The molecule has 2 heterocycles. The van der Waals surface area contributed by atoms with Gasteiger partial charge in [0.25, 0.3) is 15.9 Å². The Morgan fingerprint density at radius 1 is 1.12 bits per heavy atom. The zero-order chi connectivity index (χ0) is 22.9. The van der Waals surface area contributed by atoms with E-state index in [1.54, 1.807) is 29.6 Å². The highest BCUT2D eigenvalue weighted by molar-refractivity contribution is 7.93. The topological polar surface area (TPSA) is 135 Å². The minimum atomic E-state index is -3.82. The number of benzene rings is 2. The van der Waals surface area contributed by atoms with Crippen LogP contribution in [0.15, 0.2) is 65.0 Å². The zero-order valence-electron chi connectivity index (χ0n) is 16.6. The van der Waals surface area contributed by atoms with Crippen LogP contribution in [0.3, 0.4) is 0 Å². The molecule has 0 aliphatic carbocycles. The lowest BCUT2D eigenvalue weighted by atomic mass is 10.2. The van der Waals surface area contributed by atoms with Crippen LogP contribution in [0.4, 0.5) is 16.5 Å². The number of anilines is 3. The normalized spacial score (nSPS) is 16.0. The summed E-state index contributed by atoms with van der Waals surface area (Å²) in [6.07, 6.45) is 1.45. The van der Waals surface area contributed by atoms with Gasteiger partial charge in [0, 0.05) is 17.3 Å². The zero-order valence-corrected chi connectivity index (χ0v) is 19.1. The van der Waals surface area contributed by atoms with E-state index in [-0.39, 0.29) is 22.3 Å². The molecule has 0 fully saturated rings. The van der Waals surface area contributed by atoms with E-state index in [4.69, 9.17) is 4.74 Å². The van der Waals surface area contributed by atoms with Gasteiger partial charge in [0.1, 0.15) is 5.75 Å². The van der Waals surface area contributed by atoms with Gasteiger partial charge in [0.15, 0.2) is 11.2 Å². The first-order valence-electron chi connectivity index (χ1n) is 9.20. The van der Waals surface area contributed by atoms with Gasteiger partial charge >= 0.3 is 0 Å². The molecule has 168 valence electrons. The van der Waals surface area contributed by atoms with E-state index in [1.165, 1.54) is 30.5 Å². The third-order valence-electron chi connectivity index (χ3n) is 4.51. The van der Waals surface area contributed by atoms with E-state index in [0.717, 1.165) is 21.9 Å². The van der Waals surface area contributed by atoms with Gasteiger partial charge in [-0.25, -0.2) is 21.8 Å². The van der Waals surface area contributed by atoms with Crippen molar-refractivity contribution in [3.8, 4) is 5.75 Å². The predicted molar refractivity (Wildman–Crippen MR) is 121 cm³/mol. The number of amides is 1. The SMILES string of the molecule is CS(=O)(=O)N1C[C@@H](C(=O)Nc2ccc(S(=O)(=O)Nc3nccs3)cc2)Oc2ccccc21. The standard InChI is InChI=1S/C19H18N4O6S3/c1-31(25,26)23-12-17(29-16-5-3-2-4-15(16)23)18(24)21-13-6-8-14(9-7-13)32(27,28)22-19-20-10-11-30-19/h2-11,17H,12H2,1H3,(H,20,22)(H,21,24)/t17-/m0/s1. The van der Waals surface area contributed by atoms with Crippen molar-refractivity contribution in [1.29, 1.82) is 0 Å². The quantitative estimate of drug-likeness (QED) is 0.536. The number of rotatable bonds is 6. The number of para-hydroxylation sites is 2. The number of nitrogens with zero attached hydrogens (tertiary/aromatic N) is 2. The number of thiazole rings is 1. The summed E-state index contributed by atoms with van der Waals surface area (Å²) in [4.78, 5) is 16.6. The van der Waals surface area contributed by atoms with E-state index in [2.05, 4.69) is 15.0 Å². The molecule has 4 rings (SSSR count). The molecule has 32 heavy (non-hydrogen) atoms. The van der Waals surface area contributed by atoms with Crippen molar-refractivity contribution in [1.82, 2.24) is 4.98 Å². The van der Waals surface area contributed by atoms with Crippen molar-refractivity contribution in [3.63, 3.8) is 0 Å². The molecule has 0 bridgehead atoms. The Kier molecular flexibility index (Phi) is 5.79. The third-order valence-corrected chi connectivity index (χ3v) is 7.83. The maximum absolute atomic E-state index is 12.7. The molecule has 10 nitrogen and oxygen atoms in total. The van der Waals surface area contributed by atoms with Crippen molar-refractivity contribution in [2.75, 3.05) is 27.1 Å². The number of carbonyl (C=O) groups is 1. The summed E-state index contributed by atoms with van der Waals surface area (Å²) in [6, 6.07) is 12.1. The highest BCUT2D eigenvalue weighted by Crippen LogP contribution is 2.34. The van der Waals surface area contributed by atoms with Gasteiger partial charge in [0.05, 0.1) is 23.4 Å². The van der Waals surface area contributed by atoms with Crippen LogP contribution in [-0.2, 0) is 24.8 Å². The number of sulfonamides is 2. The molecule has 1 atom stereocenters. The number of carbonyl (C=O) groups excluding carboxylic acids is 1. The van der Waals surface area contributed by atoms with E-state index >= 15 is 0 Å². The Bertz CT molecular complexity index is 1340. The Morgan fingerprint density at radius 2 is 1.84 bits per heavy atom. The first-order chi connectivity index (χ1) is 15.1. The molecule has 1 aromatic heterocycles. The van der Waals surface area contributed by atoms with Crippen LogP contribution < -0.4 is 19.1 Å². The van der Waals surface area contributed by atoms with Crippen molar-refractivity contribution in [3.05, 3.63) is 60.1 Å². The van der Waals surface area contributed by atoms with Crippen molar-refractivity contribution >= 4 is 53.8 Å². The largest absolute Gasteiger partial charge is 0.476 e. The molecular formula is C19H18N4O6S3. The molecule has 2 aromatic carbocycles. The fraction of sp³-hybridized carbons (Fsp3) is 0.158. The van der Waals surface area contributed by atoms with Crippen LogP contribution in [-0.4, -0.2) is 46.6 Å². The van der Waals surface area contributed by atoms with Crippen molar-refractivity contribution in [2.24, 2.45) is 0 Å². The molecule has 0 radical (unpaired) electrons. The van der Waals surface area contributed by atoms with Crippen LogP contribution in [0.2, 0.25) is 0 Å². The molecule has 2 N–H and O–H groups in total. The number of nitrogens with one attached hydrogen (secondary N) is 2. The molecule has 0 saturated carbocycles. The summed E-state index contributed by atoms with van der Waals surface area (Å²) in [5, 5.41) is 4.52. The lowest BCUT2D eigenvalue weighted by molar-refractivity contribution is -0.122. The van der Waals surface area contributed by atoms with Crippen LogP contribution >= 0.6 is 11.3 Å². The molecule has 1 aliphatic heterocycles. The maximum Gasteiger partial charge on any atom is 0.267 e. The lowest BCUT2D eigenvalue weighted by Gasteiger charge is -2.33. The second kappa shape index (κ2) is 8.41. The number of ether oxygens (including phenoxy) is 1. The van der Waals surface area contributed by atoms with Gasteiger partial charge in [0.2, 0.25) is 10.0 Å². The number of hydrogen-bond acceptors (Lipinski definition) is 8. The van der Waals surface area contributed by atoms with Crippen molar-refractivity contribution in [2.45, 2.75) is 11.0 Å². The minimum Gasteiger partial charge on any atom is -0.476 e. The highest BCUT2D eigenvalue weighted by atomic mass is 32.2. The maximum atomic E-state index is 12.7. The number of hydrogen-bond donors (Lipinski definition) is 2. The van der Waals surface area contributed by atoms with Crippen LogP contribution in [0, 0.1) is 0 Å². The fourth-order valence-electron chi connectivity index (χ4n) is 3.04. The van der Waals surface area contributed by atoms with Crippen molar-refractivity contribution < 1.29 is 26.4 Å². The van der Waals surface area contributed by atoms with Crippen LogP contribution in [0.25, 0.3) is 0 Å². The summed E-state index contributed by atoms with van der Waals surface area (Å²) < 4.78 is 58.4. The first kappa shape index (κ1) is 22.0. The smallest absolute Gasteiger partial charge is 0.267 e. The Labute approximate surface area is 189 Å². The second-order valence-electron chi connectivity index (χ2n) is 6.82.